The standard InChI is InChI=1S/C12H20N2O5S/c1-13-2-4-18-9(6-13)12(17)19-8-14-3-5-20-10(7-14)11(15)16/h9-10H,2-8H2,1H3,(H,15,16). The lowest BCUT2D eigenvalue weighted by Crippen LogP contribution is -2.47. The van der Waals surface area contributed by atoms with Gasteiger partial charge in [-0.2, -0.15) is 0 Å². The average Bonchev–Trinajstić information content (AvgIpc) is 2.45. The van der Waals surface area contributed by atoms with Crippen LogP contribution < -0.4 is 0 Å². The minimum atomic E-state index is -0.816. The quantitative estimate of drug-likeness (QED) is 0.685. The smallest absolute Gasteiger partial charge is 0.337 e. The van der Waals surface area contributed by atoms with Crippen LogP contribution in [-0.2, 0) is 19.1 Å². The van der Waals surface area contributed by atoms with E-state index < -0.39 is 17.3 Å². The van der Waals surface area contributed by atoms with Gasteiger partial charge in [0.25, 0.3) is 0 Å². The zero-order chi connectivity index (χ0) is 14.5. The number of carbonyl (C=O) groups is 2. The Balaban J connectivity index is 1.74. The fourth-order valence-electron chi connectivity index (χ4n) is 2.14. The van der Waals surface area contributed by atoms with Gasteiger partial charge in [0, 0.05) is 31.9 Å². The Morgan fingerprint density at radius 3 is 2.90 bits per heavy atom. The van der Waals surface area contributed by atoms with Crippen LogP contribution in [0.15, 0.2) is 0 Å². The Bertz CT molecular complexity index is 368. The number of carboxylic acid groups (broad SMARTS) is 1. The fraction of sp³-hybridized carbons (Fsp3) is 0.833. The van der Waals surface area contributed by atoms with Crippen LogP contribution in [0.25, 0.3) is 0 Å². The largest absolute Gasteiger partial charge is 0.480 e. The predicted octanol–water partition coefficient (Wildman–Crippen LogP) is -0.680. The van der Waals surface area contributed by atoms with Gasteiger partial charge in [-0.3, -0.25) is 9.69 Å². The molecule has 1 N–H and O–H groups in total. The van der Waals surface area contributed by atoms with E-state index in [-0.39, 0.29) is 12.7 Å². The minimum Gasteiger partial charge on any atom is -0.480 e. The van der Waals surface area contributed by atoms with Crippen molar-refractivity contribution in [1.29, 1.82) is 0 Å². The molecule has 8 heteroatoms. The van der Waals surface area contributed by atoms with Gasteiger partial charge in [-0.15, -0.1) is 11.8 Å². The molecule has 2 saturated heterocycles. The van der Waals surface area contributed by atoms with Crippen LogP contribution in [0.2, 0.25) is 0 Å². The molecule has 20 heavy (non-hydrogen) atoms. The van der Waals surface area contributed by atoms with E-state index in [0.29, 0.717) is 19.7 Å². The second-order valence-electron chi connectivity index (χ2n) is 4.99. The van der Waals surface area contributed by atoms with Gasteiger partial charge in [0.05, 0.1) is 6.61 Å². The van der Waals surface area contributed by atoms with Crippen molar-refractivity contribution in [1.82, 2.24) is 9.80 Å². The molecule has 0 aromatic rings. The monoisotopic (exact) mass is 304 g/mol. The molecule has 2 aliphatic heterocycles. The van der Waals surface area contributed by atoms with Gasteiger partial charge in [0.1, 0.15) is 12.0 Å². The van der Waals surface area contributed by atoms with Crippen LogP contribution in [0.5, 0.6) is 0 Å². The summed E-state index contributed by atoms with van der Waals surface area (Å²) in [6, 6.07) is 0. The van der Waals surface area contributed by atoms with Crippen LogP contribution in [0.1, 0.15) is 0 Å². The van der Waals surface area contributed by atoms with E-state index in [1.54, 1.807) is 0 Å². The summed E-state index contributed by atoms with van der Waals surface area (Å²) in [6.07, 6.45) is -0.539. The Morgan fingerprint density at radius 2 is 2.20 bits per heavy atom. The number of hydrogen-bond acceptors (Lipinski definition) is 7. The van der Waals surface area contributed by atoms with Gasteiger partial charge in [0.2, 0.25) is 0 Å². The number of ether oxygens (including phenoxy) is 2. The number of carboxylic acids is 1. The normalized spacial score (nSPS) is 29.1. The molecule has 2 heterocycles. The average molecular weight is 304 g/mol. The summed E-state index contributed by atoms with van der Waals surface area (Å²) in [4.78, 5) is 26.7. The van der Waals surface area contributed by atoms with Crippen molar-refractivity contribution < 1.29 is 24.2 Å². The topological polar surface area (TPSA) is 79.3 Å². The lowest BCUT2D eigenvalue weighted by atomic mass is 10.3. The summed E-state index contributed by atoms with van der Waals surface area (Å²) in [5.41, 5.74) is 0. The fourth-order valence-corrected chi connectivity index (χ4v) is 3.24. The molecule has 2 aliphatic rings. The van der Waals surface area contributed by atoms with E-state index >= 15 is 0 Å². The van der Waals surface area contributed by atoms with Gasteiger partial charge >= 0.3 is 11.9 Å². The molecule has 0 amide bonds. The molecule has 0 saturated carbocycles. The number of rotatable bonds is 4. The highest BCUT2D eigenvalue weighted by atomic mass is 32.2. The molecule has 2 atom stereocenters. The predicted molar refractivity (Wildman–Crippen MR) is 73.7 cm³/mol. The molecule has 0 spiro atoms. The van der Waals surface area contributed by atoms with E-state index in [1.807, 2.05) is 16.8 Å². The van der Waals surface area contributed by atoms with E-state index in [4.69, 9.17) is 14.6 Å². The zero-order valence-corrected chi connectivity index (χ0v) is 12.3. The first-order chi connectivity index (χ1) is 9.56. The highest BCUT2D eigenvalue weighted by Gasteiger charge is 2.29. The van der Waals surface area contributed by atoms with Crippen molar-refractivity contribution in [3.63, 3.8) is 0 Å². The van der Waals surface area contributed by atoms with Crippen LogP contribution in [-0.4, -0.2) is 90.5 Å². The second kappa shape index (κ2) is 7.26. The third-order valence-corrected chi connectivity index (χ3v) is 4.52. The van der Waals surface area contributed by atoms with Gasteiger partial charge in [-0.25, -0.2) is 4.79 Å². The van der Waals surface area contributed by atoms with Gasteiger partial charge < -0.3 is 19.5 Å². The molecule has 0 radical (unpaired) electrons. The summed E-state index contributed by atoms with van der Waals surface area (Å²) in [7, 11) is 1.93. The van der Waals surface area contributed by atoms with Crippen LogP contribution >= 0.6 is 11.8 Å². The van der Waals surface area contributed by atoms with E-state index in [2.05, 4.69) is 0 Å². The maximum Gasteiger partial charge on any atom is 0.337 e. The third-order valence-electron chi connectivity index (χ3n) is 3.35. The Labute approximate surface area is 122 Å². The zero-order valence-electron chi connectivity index (χ0n) is 11.5. The number of thioether (sulfide) groups is 1. The summed E-state index contributed by atoms with van der Waals surface area (Å²) in [5.74, 6) is -0.457. The molecule has 2 fully saturated rings. The van der Waals surface area contributed by atoms with Crippen LogP contribution in [0.4, 0.5) is 0 Å². The number of likely N-dealkylation sites (N-methyl/N-ethyl adjacent to an activating group) is 1. The Morgan fingerprint density at radius 1 is 1.40 bits per heavy atom. The van der Waals surface area contributed by atoms with Crippen molar-refractivity contribution in [2.45, 2.75) is 11.4 Å². The number of carbonyl (C=O) groups excluding carboxylic acids is 1. The number of morpholine rings is 1. The van der Waals surface area contributed by atoms with E-state index in [1.165, 1.54) is 11.8 Å². The maximum atomic E-state index is 11.9. The van der Waals surface area contributed by atoms with Gasteiger partial charge in [0.15, 0.2) is 6.10 Å². The first-order valence-electron chi connectivity index (χ1n) is 6.60. The lowest BCUT2D eigenvalue weighted by Gasteiger charge is -2.31. The minimum absolute atomic E-state index is 0.132. The molecule has 0 aromatic carbocycles. The molecular formula is C12H20N2O5S. The molecule has 114 valence electrons. The highest BCUT2D eigenvalue weighted by Crippen LogP contribution is 2.18. The Hall–Kier alpha value is -0.830. The third kappa shape index (κ3) is 4.34. The number of aliphatic carboxylic acids is 1. The summed E-state index contributed by atoms with van der Waals surface area (Å²) < 4.78 is 10.6. The first-order valence-corrected chi connectivity index (χ1v) is 7.64. The lowest BCUT2D eigenvalue weighted by molar-refractivity contribution is -0.166. The van der Waals surface area contributed by atoms with E-state index in [0.717, 1.165) is 18.8 Å². The molecule has 7 nitrogen and oxygen atoms in total. The van der Waals surface area contributed by atoms with Gasteiger partial charge in [-0.1, -0.05) is 0 Å². The second-order valence-corrected chi connectivity index (χ2v) is 6.30. The highest BCUT2D eigenvalue weighted by molar-refractivity contribution is 8.00. The summed E-state index contributed by atoms with van der Waals surface area (Å²) >= 11 is 1.42. The maximum absolute atomic E-state index is 11.9. The van der Waals surface area contributed by atoms with Gasteiger partial charge in [-0.05, 0) is 7.05 Å². The molecule has 0 aromatic heterocycles. The van der Waals surface area contributed by atoms with Crippen molar-refractivity contribution >= 4 is 23.7 Å². The SMILES string of the molecule is CN1CCOC(C(=O)OCN2CCSC(C(=O)O)C2)C1. The summed E-state index contributed by atoms with van der Waals surface area (Å²) in [6.45, 7) is 3.14. The van der Waals surface area contributed by atoms with Crippen molar-refractivity contribution in [2.24, 2.45) is 0 Å². The van der Waals surface area contributed by atoms with Crippen molar-refractivity contribution in [2.75, 3.05) is 52.3 Å². The van der Waals surface area contributed by atoms with Crippen molar-refractivity contribution in [3.05, 3.63) is 0 Å². The molecule has 2 unspecified atom stereocenters. The van der Waals surface area contributed by atoms with Crippen molar-refractivity contribution in [3.8, 4) is 0 Å². The number of hydrogen-bond donors (Lipinski definition) is 1. The number of nitrogens with zero attached hydrogens (tertiary/aromatic N) is 2. The number of esters is 1. The molecule has 0 aliphatic carbocycles. The first kappa shape index (κ1) is 15.6. The summed E-state index contributed by atoms with van der Waals surface area (Å²) in [5, 5.41) is 8.54. The van der Waals surface area contributed by atoms with Crippen LogP contribution in [0, 0.1) is 0 Å². The molecule has 0 bridgehead atoms. The molecule has 2 rings (SSSR count). The molecular weight excluding hydrogens is 284 g/mol. The van der Waals surface area contributed by atoms with E-state index in [9.17, 15) is 9.59 Å². The Kier molecular flexibility index (Phi) is 5.64. The van der Waals surface area contributed by atoms with Crippen LogP contribution in [0.3, 0.4) is 0 Å².